The second-order valence-electron chi connectivity index (χ2n) is 3.43. The van der Waals surface area contributed by atoms with Crippen LogP contribution < -0.4 is 0 Å². The summed E-state index contributed by atoms with van der Waals surface area (Å²) in [6, 6.07) is 11.3. The van der Waals surface area contributed by atoms with Gasteiger partial charge in [0.15, 0.2) is 0 Å². The van der Waals surface area contributed by atoms with Crippen LogP contribution in [0.3, 0.4) is 0 Å². The fourth-order valence-corrected chi connectivity index (χ4v) is 1.90. The number of rotatable bonds is 2. The van der Waals surface area contributed by atoms with E-state index in [0.717, 1.165) is 0 Å². The molecule has 0 aromatic heterocycles. The first-order chi connectivity index (χ1) is 8.08. The highest BCUT2D eigenvalue weighted by Crippen LogP contribution is 2.32. The highest BCUT2D eigenvalue weighted by Gasteiger charge is 2.09. The molecule has 2 rings (SSSR count). The summed E-state index contributed by atoms with van der Waals surface area (Å²) in [4.78, 5) is 10.2. The van der Waals surface area contributed by atoms with Crippen molar-refractivity contribution in [3.05, 3.63) is 62.6 Å². The number of benzene rings is 2. The molecule has 5 heteroatoms. The van der Waals surface area contributed by atoms with E-state index in [1.807, 2.05) is 0 Å². The molecule has 0 radical (unpaired) electrons. The minimum absolute atomic E-state index is 0.0264. The fraction of sp³-hybridized carbons (Fsp3) is 0. The lowest BCUT2D eigenvalue weighted by molar-refractivity contribution is -0.384. The van der Waals surface area contributed by atoms with Crippen molar-refractivity contribution < 1.29 is 4.92 Å². The van der Waals surface area contributed by atoms with Crippen molar-refractivity contribution in [1.29, 1.82) is 0 Å². The smallest absolute Gasteiger partial charge is 0.258 e. The Balaban J connectivity index is 2.56. The lowest BCUT2D eigenvalue weighted by Crippen LogP contribution is -1.88. The highest BCUT2D eigenvalue weighted by atomic mass is 35.5. The van der Waals surface area contributed by atoms with Gasteiger partial charge in [-0.3, -0.25) is 10.1 Å². The molecule has 0 N–H and O–H groups in total. The van der Waals surface area contributed by atoms with Crippen LogP contribution in [0.1, 0.15) is 0 Å². The van der Waals surface area contributed by atoms with Gasteiger partial charge in [0.1, 0.15) is 0 Å². The van der Waals surface area contributed by atoms with Gasteiger partial charge in [0.2, 0.25) is 0 Å². The quantitative estimate of drug-likeness (QED) is 0.591. The van der Waals surface area contributed by atoms with Crippen LogP contribution in [0.4, 0.5) is 5.69 Å². The third-order valence-electron chi connectivity index (χ3n) is 2.30. The van der Waals surface area contributed by atoms with Gasteiger partial charge in [-0.1, -0.05) is 35.3 Å². The Hall–Kier alpha value is -1.58. The molecule has 3 nitrogen and oxygen atoms in total. The van der Waals surface area contributed by atoms with E-state index in [9.17, 15) is 10.1 Å². The van der Waals surface area contributed by atoms with Crippen molar-refractivity contribution in [1.82, 2.24) is 0 Å². The maximum atomic E-state index is 10.7. The Morgan fingerprint density at radius 1 is 1.06 bits per heavy atom. The molecule has 0 aliphatic heterocycles. The molecule has 0 saturated carbocycles. The Morgan fingerprint density at radius 3 is 2.53 bits per heavy atom. The third kappa shape index (κ3) is 2.57. The van der Waals surface area contributed by atoms with E-state index < -0.39 is 4.92 Å². The SMILES string of the molecule is O=[N+]([O-])c1cccc(-c2cc(Cl)ccc2Cl)c1. The molecule has 0 atom stereocenters. The van der Waals surface area contributed by atoms with Gasteiger partial charge in [-0.25, -0.2) is 0 Å². The molecule has 0 fully saturated rings. The van der Waals surface area contributed by atoms with Gasteiger partial charge in [-0.05, 0) is 23.8 Å². The Morgan fingerprint density at radius 2 is 1.82 bits per heavy atom. The van der Waals surface area contributed by atoms with E-state index in [1.54, 1.807) is 30.3 Å². The number of hydrogen-bond acceptors (Lipinski definition) is 2. The van der Waals surface area contributed by atoms with E-state index >= 15 is 0 Å². The molecular weight excluding hydrogens is 261 g/mol. The largest absolute Gasteiger partial charge is 0.270 e. The molecule has 0 heterocycles. The van der Waals surface area contributed by atoms with E-state index in [2.05, 4.69) is 0 Å². The van der Waals surface area contributed by atoms with Crippen molar-refractivity contribution in [2.75, 3.05) is 0 Å². The van der Waals surface area contributed by atoms with Gasteiger partial charge in [0, 0.05) is 27.7 Å². The normalized spacial score (nSPS) is 10.2. The number of nitrogens with zero attached hydrogens (tertiary/aromatic N) is 1. The van der Waals surface area contributed by atoms with Crippen LogP contribution in [0.5, 0.6) is 0 Å². The minimum Gasteiger partial charge on any atom is -0.258 e. The second kappa shape index (κ2) is 4.73. The van der Waals surface area contributed by atoms with Gasteiger partial charge in [0.25, 0.3) is 5.69 Å². The standard InChI is InChI=1S/C12H7Cl2NO2/c13-9-4-5-12(14)11(7-9)8-2-1-3-10(6-8)15(16)17/h1-7H. The van der Waals surface area contributed by atoms with E-state index in [0.29, 0.717) is 21.2 Å². The Kier molecular flexibility index (Phi) is 3.31. The molecule has 0 spiro atoms. The monoisotopic (exact) mass is 267 g/mol. The van der Waals surface area contributed by atoms with Crippen LogP contribution in [0.15, 0.2) is 42.5 Å². The Labute approximate surface area is 108 Å². The van der Waals surface area contributed by atoms with Crippen molar-refractivity contribution in [2.45, 2.75) is 0 Å². The third-order valence-corrected chi connectivity index (χ3v) is 2.86. The zero-order chi connectivity index (χ0) is 12.4. The second-order valence-corrected chi connectivity index (χ2v) is 4.28. The van der Waals surface area contributed by atoms with E-state index in [4.69, 9.17) is 23.2 Å². The highest BCUT2D eigenvalue weighted by molar-refractivity contribution is 6.35. The first-order valence-electron chi connectivity index (χ1n) is 4.78. The molecule has 0 aliphatic rings. The molecule has 86 valence electrons. The molecule has 0 saturated heterocycles. The molecule has 0 bridgehead atoms. The van der Waals surface area contributed by atoms with Crippen molar-refractivity contribution in [2.24, 2.45) is 0 Å². The topological polar surface area (TPSA) is 43.1 Å². The summed E-state index contributed by atoms with van der Waals surface area (Å²) in [6.45, 7) is 0. The van der Waals surface area contributed by atoms with Crippen LogP contribution in [-0.4, -0.2) is 4.92 Å². The molecule has 0 unspecified atom stereocenters. The zero-order valence-electron chi connectivity index (χ0n) is 8.56. The van der Waals surface area contributed by atoms with Crippen LogP contribution in [0.2, 0.25) is 10.0 Å². The molecule has 0 amide bonds. The molecule has 2 aromatic rings. The fourth-order valence-electron chi connectivity index (χ4n) is 1.51. The van der Waals surface area contributed by atoms with E-state index in [-0.39, 0.29) is 5.69 Å². The number of non-ortho nitro benzene ring substituents is 1. The lowest BCUT2D eigenvalue weighted by atomic mass is 10.1. The summed E-state index contributed by atoms with van der Waals surface area (Å²) in [7, 11) is 0. The Bertz CT molecular complexity index is 584. The first kappa shape index (κ1) is 11.9. The van der Waals surface area contributed by atoms with Crippen LogP contribution >= 0.6 is 23.2 Å². The first-order valence-corrected chi connectivity index (χ1v) is 5.53. The summed E-state index contributed by atoms with van der Waals surface area (Å²) in [5.74, 6) is 0. The molecule has 2 aromatic carbocycles. The average molecular weight is 268 g/mol. The molecule has 0 aliphatic carbocycles. The number of hydrogen-bond donors (Lipinski definition) is 0. The maximum Gasteiger partial charge on any atom is 0.270 e. The average Bonchev–Trinajstić information content (AvgIpc) is 2.32. The summed E-state index contributed by atoms with van der Waals surface area (Å²) in [5.41, 5.74) is 1.38. The van der Waals surface area contributed by atoms with Crippen LogP contribution in [-0.2, 0) is 0 Å². The van der Waals surface area contributed by atoms with Crippen LogP contribution in [0, 0.1) is 10.1 Å². The van der Waals surface area contributed by atoms with Crippen molar-refractivity contribution in [3.8, 4) is 11.1 Å². The number of halogens is 2. The van der Waals surface area contributed by atoms with Gasteiger partial charge < -0.3 is 0 Å². The number of nitro benzene ring substituents is 1. The molecule has 17 heavy (non-hydrogen) atoms. The van der Waals surface area contributed by atoms with Gasteiger partial charge in [0.05, 0.1) is 4.92 Å². The summed E-state index contributed by atoms with van der Waals surface area (Å²) in [6.07, 6.45) is 0. The van der Waals surface area contributed by atoms with Crippen molar-refractivity contribution in [3.63, 3.8) is 0 Å². The van der Waals surface area contributed by atoms with Gasteiger partial charge in [-0.2, -0.15) is 0 Å². The molecular formula is C12H7Cl2NO2. The van der Waals surface area contributed by atoms with Crippen LogP contribution in [0.25, 0.3) is 11.1 Å². The summed E-state index contributed by atoms with van der Waals surface area (Å²) < 4.78 is 0. The van der Waals surface area contributed by atoms with Crippen molar-refractivity contribution >= 4 is 28.9 Å². The minimum atomic E-state index is -0.443. The van der Waals surface area contributed by atoms with E-state index in [1.165, 1.54) is 12.1 Å². The predicted octanol–water partition coefficient (Wildman–Crippen LogP) is 4.57. The summed E-state index contributed by atoms with van der Waals surface area (Å²) in [5, 5.41) is 11.7. The maximum absolute atomic E-state index is 10.7. The van der Waals surface area contributed by atoms with Gasteiger partial charge >= 0.3 is 0 Å². The lowest BCUT2D eigenvalue weighted by Gasteiger charge is -2.04. The predicted molar refractivity (Wildman–Crippen MR) is 68.6 cm³/mol. The van der Waals surface area contributed by atoms with Gasteiger partial charge in [-0.15, -0.1) is 0 Å². The zero-order valence-corrected chi connectivity index (χ0v) is 10.1. The summed E-state index contributed by atoms with van der Waals surface area (Å²) >= 11 is 11.9. The number of nitro groups is 1.